The predicted octanol–water partition coefficient (Wildman–Crippen LogP) is 4.04. The number of halogens is 4. The average molecular weight is 365 g/mol. The Kier molecular flexibility index (Phi) is 4.30. The topological polar surface area (TPSA) is 26.3 Å². The number of ether oxygens (including phenoxy) is 1. The molecule has 76 valence electrons. The summed E-state index contributed by atoms with van der Waals surface area (Å²) in [5.74, 6) is -0.597. The van der Waals surface area contributed by atoms with E-state index >= 15 is 0 Å². The Morgan fingerprint density at radius 3 is 2.43 bits per heavy atom. The lowest BCUT2D eigenvalue weighted by atomic mass is 10.2. The summed E-state index contributed by atoms with van der Waals surface area (Å²) in [6, 6.07) is 1.58. The molecule has 1 aromatic rings. The minimum atomic E-state index is -0.597. The number of benzene rings is 1. The van der Waals surface area contributed by atoms with Crippen molar-refractivity contribution in [1.82, 2.24) is 0 Å². The van der Waals surface area contributed by atoms with Crippen LogP contribution in [-0.4, -0.2) is 13.1 Å². The number of carbonyl (C=O) groups excluding carboxylic acids is 1. The van der Waals surface area contributed by atoms with E-state index in [0.29, 0.717) is 3.57 Å². The van der Waals surface area contributed by atoms with Gasteiger partial charge >= 0.3 is 5.97 Å². The molecule has 0 atom stereocenters. The predicted molar refractivity (Wildman–Crippen MR) is 65.5 cm³/mol. The van der Waals surface area contributed by atoms with Gasteiger partial charge in [-0.1, -0.05) is 34.8 Å². The molecule has 0 aliphatic rings. The zero-order chi connectivity index (χ0) is 10.9. The van der Waals surface area contributed by atoms with Crippen LogP contribution in [0, 0.1) is 3.57 Å². The molecule has 2 nitrogen and oxygen atoms in total. The summed E-state index contributed by atoms with van der Waals surface area (Å²) in [6.07, 6.45) is 0. The van der Waals surface area contributed by atoms with Gasteiger partial charge in [-0.2, -0.15) is 0 Å². The zero-order valence-corrected chi connectivity index (χ0v) is 11.3. The first-order valence-corrected chi connectivity index (χ1v) is 5.61. The van der Waals surface area contributed by atoms with E-state index in [9.17, 15) is 4.79 Å². The van der Waals surface area contributed by atoms with E-state index in [-0.39, 0.29) is 20.6 Å². The lowest BCUT2D eigenvalue weighted by Crippen LogP contribution is -2.04. The van der Waals surface area contributed by atoms with E-state index < -0.39 is 5.97 Å². The highest BCUT2D eigenvalue weighted by molar-refractivity contribution is 14.1. The molecule has 0 N–H and O–H groups in total. The Morgan fingerprint density at radius 1 is 1.36 bits per heavy atom. The number of hydrogen-bond donors (Lipinski definition) is 0. The Bertz CT molecular complexity index is 366. The van der Waals surface area contributed by atoms with Crippen LogP contribution in [0.2, 0.25) is 15.1 Å². The molecule has 0 heterocycles. The molecule has 0 unspecified atom stereocenters. The van der Waals surface area contributed by atoms with Crippen molar-refractivity contribution in [3.63, 3.8) is 0 Å². The van der Waals surface area contributed by atoms with Crippen molar-refractivity contribution in [2.24, 2.45) is 0 Å². The molecule has 0 saturated carbocycles. The molecule has 1 aromatic carbocycles. The highest BCUT2D eigenvalue weighted by atomic mass is 127. The van der Waals surface area contributed by atoms with Crippen LogP contribution in [0.15, 0.2) is 6.07 Å². The molecule has 6 heteroatoms. The van der Waals surface area contributed by atoms with Gasteiger partial charge in [0, 0.05) is 3.57 Å². The van der Waals surface area contributed by atoms with Gasteiger partial charge < -0.3 is 4.74 Å². The van der Waals surface area contributed by atoms with Crippen molar-refractivity contribution >= 4 is 63.4 Å². The third-order valence-electron chi connectivity index (χ3n) is 1.50. The number of hydrogen-bond acceptors (Lipinski definition) is 2. The molecule has 0 saturated heterocycles. The Balaban J connectivity index is 3.47. The van der Waals surface area contributed by atoms with Gasteiger partial charge in [-0.25, -0.2) is 4.79 Å². The first-order chi connectivity index (χ1) is 6.49. The fourth-order valence-corrected chi connectivity index (χ4v) is 2.32. The van der Waals surface area contributed by atoms with Gasteiger partial charge in [0.2, 0.25) is 0 Å². The largest absolute Gasteiger partial charge is 0.465 e. The molecule has 0 aromatic heterocycles. The summed E-state index contributed by atoms with van der Waals surface area (Å²) in [5.41, 5.74) is 0.104. The Labute approximate surface area is 110 Å². The lowest BCUT2D eigenvalue weighted by Gasteiger charge is -2.07. The van der Waals surface area contributed by atoms with Crippen molar-refractivity contribution in [2.45, 2.75) is 0 Å². The van der Waals surface area contributed by atoms with Crippen LogP contribution in [0.25, 0.3) is 0 Å². The summed E-state index contributed by atoms with van der Waals surface area (Å²) in [6.45, 7) is 0. The van der Waals surface area contributed by atoms with Gasteiger partial charge in [0.25, 0.3) is 0 Å². The summed E-state index contributed by atoms with van der Waals surface area (Å²) in [4.78, 5) is 11.3. The van der Waals surface area contributed by atoms with Crippen molar-refractivity contribution in [1.29, 1.82) is 0 Å². The van der Waals surface area contributed by atoms with E-state index in [2.05, 4.69) is 4.74 Å². The molecule has 0 fully saturated rings. The van der Waals surface area contributed by atoms with Gasteiger partial charge in [-0.05, 0) is 28.7 Å². The van der Waals surface area contributed by atoms with E-state index in [1.807, 2.05) is 22.6 Å². The fourth-order valence-electron chi connectivity index (χ4n) is 0.854. The second-order valence-electron chi connectivity index (χ2n) is 2.33. The standard InChI is InChI=1S/C8H4Cl3IO2/c1-14-8(13)5-6(10)3(9)2-4(12)7(5)11/h2H,1H3. The van der Waals surface area contributed by atoms with Gasteiger partial charge in [0.05, 0.1) is 27.7 Å². The highest BCUT2D eigenvalue weighted by Crippen LogP contribution is 2.35. The average Bonchev–Trinajstić information content (AvgIpc) is 2.15. The van der Waals surface area contributed by atoms with Crippen molar-refractivity contribution in [3.8, 4) is 0 Å². The SMILES string of the molecule is COC(=O)c1c(Cl)c(Cl)cc(I)c1Cl. The van der Waals surface area contributed by atoms with Crippen LogP contribution in [0.5, 0.6) is 0 Å². The van der Waals surface area contributed by atoms with E-state index in [1.165, 1.54) is 7.11 Å². The second-order valence-corrected chi connectivity index (χ2v) is 4.66. The fraction of sp³-hybridized carbons (Fsp3) is 0.125. The van der Waals surface area contributed by atoms with Gasteiger partial charge in [-0.15, -0.1) is 0 Å². The van der Waals surface area contributed by atoms with Crippen molar-refractivity contribution < 1.29 is 9.53 Å². The maximum absolute atomic E-state index is 11.3. The molecule has 0 aliphatic heterocycles. The molecule has 0 aliphatic carbocycles. The Hall–Kier alpha value is 0.290. The third kappa shape index (κ3) is 2.27. The van der Waals surface area contributed by atoms with Gasteiger partial charge in [-0.3, -0.25) is 0 Å². The van der Waals surface area contributed by atoms with Gasteiger partial charge in [0.1, 0.15) is 0 Å². The number of esters is 1. The quantitative estimate of drug-likeness (QED) is 0.427. The number of carbonyl (C=O) groups is 1. The lowest BCUT2D eigenvalue weighted by molar-refractivity contribution is 0.0601. The maximum Gasteiger partial charge on any atom is 0.341 e. The first kappa shape index (κ1) is 12.4. The number of methoxy groups -OCH3 is 1. The molecule has 0 bridgehead atoms. The molecule has 1 rings (SSSR count). The van der Waals surface area contributed by atoms with Crippen LogP contribution < -0.4 is 0 Å². The third-order valence-corrected chi connectivity index (χ3v) is 3.85. The zero-order valence-electron chi connectivity index (χ0n) is 6.91. The van der Waals surface area contributed by atoms with Crippen molar-refractivity contribution in [3.05, 3.63) is 30.3 Å². The Morgan fingerprint density at radius 2 is 1.93 bits per heavy atom. The van der Waals surface area contributed by atoms with Crippen LogP contribution in [0.1, 0.15) is 10.4 Å². The van der Waals surface area contributed by atoms with E-state index in [0.717, 1.165) is 0 Å². The molecule has 0 spiro atoms. The monoisotopic (exact) mass is 364 g/mol. The first-order valence-electron chi connectivity index (χ1n) is 3.40. The molecular formula is C8H4Cl3IO2. The second kappa shape index (κ2) is 4.88. The van der Waals surface area contributed by atoms with Gasteiger partial charge in [0.15, 0.2) is 0 Å². The maximum atomic E-state index is 11.3. The van der Waals surface area contributed by atoms with E-state index in [1.54, 1.807) is 6.07 Å². The van der Waals surface area contributed by atoms with Crippen molar-refractivity contribution in [2.75, 3.05) is 7.11 Å². The minimum Gasteiger partial charge on any atom is -0.465 e. The summed E-state index contributed by atoms with van der Waals surface area (Å²) < 4.78 is 5.19. The van der Waals surface area contributed by atoms with Crippen LogP contribution in [-0.2, 0) is 4.74 Å². The molecule has 14 heavy (non-hydrogen) atoms. The number of rotatable bonds is 1. The highest BCUT2D eigenvalue weighted by Gasteiger charge is 2.20. The van der Waals surface area contributed by atoms with Crippen LogP contribution >= 0.6 is 57.4 Å². The van der Waals surface area contributed by atoms with E-state index in [4.69, 9.17) is 34.8 Å². The molecule has 0 amide bonds. The summed E-state index contributed by atoms with van der Waals surface area (Å²) in [5, 5.41) is 0.650. The molecular weight excluding hydrogens is 361 g/mol. The summed E-state index contributed by atoms with van der Waals surface area (Å²) in [7, 11) is 1.25. The van der Waals surface area contributed by atoms with Crippen LogP contribution in [0.3, 0.4) is 0 Å². The summed E-state index contributed by atoms with van der Waals surface area (Å²) >= 11 is 19.5. The normalized spacial score (nSPS) is 10.1. The smallest absolute Gasteiger partial charge is 0.341 e. The molecule has 0 radical (unpaired) electrons. The minimum absolute atomic E-state index is 0.104. The van der Waals surface area contributed by atoms with Crippen LogP contribution in [0.4, 0.5) is 0 Å².